The summed E-state index contributed by atoms with van der Waals surface area (Å²) >= 11 is 0. The number of phenols is 2. The summed E-state index contributed by atoms with van der Waals surface area (Å²) in [5, 5.41) is 49.5. The minimum atomic E-state index is -0.663. The standard InChI is InChI=1S/C52H56N2O13/c1-2-43(67-52(59)40-18-14-36(15-19-40)32-66-54(60)61)34-65-49-29-53(51(58)39-16-12-35(30-55)13-17-39)28-48(64-31-37-26-41-8-3-5-10-45(41)47(57)27-37)50(49)38-20-22-44(23-21-38)63-25-7-24-62-33-42-9-4-6-11-46(42)56/h3-6,8-23,26-27,43,48-50,55-57,60-61H,2,7,24-25,28-34H2,1H3. The Morgan fingerprint density at radius 1 is 0.716 bits per heavy atom. The molecule has 7 rings (SSSR count). The Bertz CT molecular complexity index is 2520. The van der Waals surface area contributed by atoms with Gasteiger partial charge in [0.25, 0.3) is 5.91 Å². The highest BCUT2D eigenvalue weighted by molar-refractivity contribution is 5.94. The lowest BCUT2D eigenvalue weighted by Gasteiger charge is -2.44. The van der Waals surface area contributed by atoms with Gasteiger partial charge in [0.05, 0.1) is 69.4 Å². The third-order valence-electron chi connectivity index (χ3n) is 11.6. The molecule has 1 saturated heterocycles. The van der Waals surface area contributed by atoms with E-state index in [-0.39, 0.29) is 67.9 Å². The van der Waals surface area contributed by atoms with Gasteiger partial charge < -0.3 is 43.9 Å². The van der Waals surface area contributed by atoms with Crippen molar-refractivity contribution >= 4 is 22.6 Å². The van der Waals surface area contributed by atoms with Crippen LogP contribution in [0.1, 0.15) is 74.2 Å². The van der Waals surface area contributed by atoms with Gasteiger partial charge >= 0.3 is 5.97 Å². The van der Waals surface area contributed by atoms with E-state index in [9.17, 15) is 24.9 Å². The van der Waals surface area contributed by atoms with Crippen LogP contribution in [-0.2, 0) is 50.2 Å². The molecule has 4 unspecified atom stereocenters. The summed E-state index contributed by atoms with van der Waals surface area (Å²) in [5.41, 5.74) is 4.30. The molecule has 0 radical (unpaired) electrons. The molecule has 15 heteroatoms. The molecule has 1 fully saturated rings. The van der Waals surface area contributed by atoms with Crippen LogP contribution in [0.15, 0.2) is 133 Å². The number of amides is 1. The molecule has 1 aliphatic heterocycles. The molecular weight excluding hydrogens is 861 g/mol. The first-order valence-corrected chi connectivity index (χ1v) is 22.2. The number of benzene rings is 6. The molecule has 0 aromatic heterocycles. The van der Waals surface area contributed by atoms with Crippen LogP contribution in [0.5, 0.6) is 17.2 Å². The Balaban J connectivity index is 1.11. The summed E-state index contributed by atoms with van der Waals surface area (Å²) in [5.74, 6) is -0.284. The second-order valence-electron chi connectivity index (χ2n) is 16.3. The lowest BCUT2D eigenvalue weighted by molar-refractivity contribution is -0.497. The zero-order valence-electron chi connectivity index (χ0n) is 37.2. The Hall–Kier alpha value is -6.40. The fourth-order valence-corrected chi connectivity index (χ4v) is 7.96. The van der Waals surface area contributed by atoms with E-state index in [0.29, 0.717) is 60.7 Å². The number of hydrogen-bond donors (Lipinski definition) is 5. The zero-order valence-corrected chi connectivity index (χ0v) is 37.2. The quantitative estimate of drug-likeness (QED) is 0.0249. The monoisotopic (exact) mass is 916 g/mol. The van der Waals surface area contributed by atoms with E-state index in [2.05, 4.69) is 4.84 Å². The summed E-state index contributed by atoms with van der Waals surface area (Å²) in [4.78, 5) is 34.0. The Labute approximate surface area is 388 Å². The molecule has 352 valence electrons. The van der Waals surface area contributed by atoms with Gasteiger partial charge in [-0.15, -0.1) is 0 Å². The third kappa shape index (κ3) is 13.4. The summed E-state index contributed by atoms with van der Waals surface area (Å²) in [7, 11) is 0. The molecule has 0 bridgehead atoms. The fourth-order valence-electron chi connectivity index (χ4n) is 7.96. The minimum absolute atomic E-state index is 0.00378. The van der Waals surface area contributed by atoms with Crippen molar-refractivity contribution in [2.75, 3.05) is 32.9 Å². The van der Waals surface area contributed by atoms with Crippen molar-refractivity contribution < 1.29 is 63.8 Å². The van der Waals surface area contributed by atoms with Crippen LogP contribution in [0.2, 0.25) is 0 Å². The van der Waals surface area contributed by atoms with Gasteiger partial charge in [0.2, 0.25) is 0 Å². The first kappa shape index (κ1) is 48.5. The maximum absolute atomic E-state index is 14.3. The van der Waals surface area contributed by atoms with E-state index in [1.807, 2.05) is 73.7 Å². The number of ether oxygens (including phenoxy) is 5. The number of aliphatic hydroxyl groups is 1. The summed E-state index contributed by atoms with van der Waals surface area (Å²) in [6.45, 7) is 3.21. The van der Waals surface area contributed by atoms with Crippen LogP contribution >= 0.6 is 0 Å². The number of hydrogen-bond acceptors (Lipinski definition) is 14. The van der Waals surface area contributed by atoms with E-state index in [1.54, 1.807) is 71.6 Å². The number of rotatable bonds is 22. The first-order valence-electron chi connectivity index (χ1n) is 22.2. The van der Waals surface area contributed by atoms with Crippen molar-refractivity contribution in [3.05, 3.63) is 172 Å². The Morgan fingerprint density at radius 2 is 1.40 bits per heavy atom. The van der Waals surface area contributed by atoms with Crippen LogP contribution in [0.3, 0.4) is 0 Å². The van der Waals surface area contributed by atoms with Gasteiger partial charge in [-0.1, -0.05) is 85.8 Å². The smallest absolute Gasteiger partial charge is 0.338 e. The van der Waals surface area contributed by atoms with Crippen molar-refractivity contribution in [3.8, 4) is 17.2 Å². The Kier molecular flexibility index (Phi) is 17.3. The lowest BCUT2D eigenvalue weighted by atomic mass is 9.84. The first-order chi connectivity index (χ1) is 32.6. The number of para-hydroxylation sites is 1. The number of aromatic hydroxyl groups is 2. The number of carbonyl (C=O) groups excluding carboxylic acids is 2. The number of carbonyl (C=O) groups is 2. The maximum Gasteiger partial charge on any atom is 0.338 e. The normalized spacial score (nSPS) is 16.6. The van der Waals surface area contributed by atoms with E-state index in [4.69, 9.17) is 34.1 Å². The highest BCUT2D eigenvalue weighted by atomic mass is 17.1. The third-order valence-corrected chi connectivity index (χ3v) is 11.6. The van der Waals surface area contributed by atoms with Crippen molar-refractivity contribution in [1.82, 2.24) is 10.3 Å². The van der Waals surface area contributed by atoms with Gasteiger partial charge in [0.1, 0.15) is 23.4 Å². The molecule has 0 aliphatic carbocycles. The van der Waals surface area contributed by atoms with Crippen molar-refractivity contribution in [3.63, 3.8) is 0 Å². The van der Waals surface area contributed by atoms with Crippen molar-refractivity contribution in [2.24, 2.45) is 0 Å². The topological polar surface area (TPSA) is 197 Å². The molecule has 67 heavy (non-hydrogen) atoms. The number of nitrogens with zero attached hydrogens (tertiary/aromatic N) is 2. The molecular formula is C52H56N2O13. The minimum Gasteiger partial charge on any atom is -0.508 e. The van der Waals surface area contributed by atoms with Gasteiger partial charge in [-0.3, -0.25) is 15.2 Å². The molecule has 6 aromatic rings. The highest BCUT2D eigenvalue weighted by Crippen LogP contribution is 2.36. The summed E-state index contributed by atoms with van der Waals surface area (Å²) in [6, 6.07) is 39.0. The van der Waals surface area contributed by atoms with Crippen molar-refractivity contribution in [2.45, 2.75) is 70.4 Å². The van der Waals surface area contributed by atoms with E-state index in [1.165, 1.54) is 0 Å². The second-order valence-corrected chi connectivity index (χ2v) is 16.3. The average molecular weight is 917 g/mol. The molecule has 1 amide bonds. The number of fused-ring (bicyclic) bond motifs is 1. The molecule has 4 atom stereocenters. The number of piperidine rings is 1. The van der Waals surface area contributed by atoms with Crippen LogP contribution in [0.25, 0.3) is 10.8 Å². The molecule has 1 aliphatic rings. The highest BCUT2D eigenvalue weighted by Gasteiger charge is 2.42. The molecule has 1 heterocycles. The van der Waals surface area contributed by atoms with Crippen molar-refractivity contribution in [1.29, 1.82) is 0 Å². The van der Waals surface area contributed by atoms with Crippen LogP contribution < -0.4 is 4.74 Å². The summed E-state index contributed by atoms with van der Waals surface area (Å²) in [6.07, 6.45) is -0.881. The van der Waals surface area contributed by atoms with Crippen LogP contribution in [0.4, 0.5) is 0 Å². The Morgan fingerprint density at radius 3 is 2.12 bits per heavy atom. The number of likely N-dealkylation sites (tertiary alicyclic amines) is 1. The fraction of sp³-hybridized carbons (Fsp3) is 0.308. The van der Waals surface area contributed by atoms with Gasteiger partial charge in [-0.25, -0.2) is 9.63 Å². The molecule has 5 N–H and O–H groups in total. The lowest BCUT2D eigenvalue weighted by Crippen LogP contribution is -2.55. The van der Waals surface area contributed by atoms with Gasteiger partial charge in [0, 0.05) is 41.9 Å². The van der Waals surface area contributed by atoms with Crippen LogP contribution in [0, 0.1) is 0 Å². The number of phenolic OH excluding ortho intramolecular Hbond substituents is 2. The predicted octanol–water partition coefficient (Wildman–Crippen LogP) is 8.09. The number of aliphatic hydroxyl groups excluding tert-OH is 1. The summed E-state index contributed by atoms with van der Waals surface area (Å²) < 4.78 is 31.3. The molecule has 15 nitrogen and oxygen atoms in total. The van der Waals surface area contributed by atoms with Gasteiger partial charge in [-0.05, 0) is 88.7 Å². The second kappa shape index (κ2) is 23.9. The van der Waals surface area contributed by atoms with Gasteiger partial charge in [0.15, 0.2) is 0 Å². The van der Waals surface area contributed by atoms with E-state index in [0.717, 1.165) is 21.9 Å². The zero-order chi connectivity index (χ0) is 47.1. The molecule has 0 saturated carbocycles. The number of esters is 1. The average Bonchev–Trinajstić information content (AvgIpc) is 3.35. The van der Waals surface area contributed by atoms with Crippen LogP contribution in [-0.4, -0.2) is 99.1 Å². The largest absolute Gasteiger partial charge is 0.508 e. The molecule has 6 aromatic carbocycles. The maximum atomic E-state index is 14.3. The molecule has 0 spiro atoms. The van der Waals surface area contributed by atoms with Gasteiger partial charge in [-0.2, -0.15) is 0 Å². The van der Waals surface area contributed by atoms with E-state index < -0.39 is 30.2 Å². The van der Waals surface area contributed by atoms with E-state index >= 15 is 0 Å². The predicted molar refractivity (Wildman–Crippen MR) is 245 cm³/mol. The SMILES string of the molecule is CCC(COC1CN(C(=O)c2ccc(CO)cc2)CC(OCc2cc(O)c3ccccc3c2)C1c1ccc(OCCCOCc2ccccc2O)cc1)OC(=O)c1ccc(CON(O)O)cc1.